The van der Waals surface area contributed by atoms with E-state index in [0.717, 1.165) is 5.69 Å². The van der Waals surface area contributed by atoms with Crippen LogP contribution in [0.2, 0.25) is 0 Å². The third-order valence-electron chi connectivity index (χ3n) is 2.29. The van der Waals surface area contributed by atoms with E-state index in [2.05, 4.69) is 20.8 Å². The molecule has 0 fully saturated rings. The van der Waals surface area contributed by atoms with Gasteiger partial charge in [-0.05, 0) is 48.7 Å². The summed E-state index contributed by atoms with van der Waals surface area (Å²) in [5, 5.41) is 10.7. The maximum Gasteiger partial charge on any atom is 0.318 e. The molecule has 0 bridgehead atoms. The standard InChI is InChI=1S/C10H11N5OS2/c1-11-8(16)12-6-2-4-7(5-3-6)15-9(17)13-14-10(15)18/h2-5H,1H3,(H,13,17)(H,14,18)(H2,11,12,16). The molecule has 0 spiro atoms. The molecule has 0 aliphatic heterocycles. The topological polar surface area (TPSA) is 77.6 Å². The number of aromatic nitrogens is 3. The van der Waals surface area contributed by atoms with Gasteiger partial charge in [-0.1, -0.05) is 0 Å². The van der Waals surface area contributed by atoms with Crippen LogP contribution >= 0.6 is 24.4 Å². The van der Waals surface area contributed by atoms with Crippen molar-refractivity contribution < 1.29 is 4.79 Å². The molecule has 18 heavy (non-hydrogen) atoms. The van der Waals surface area contributed by atoms with Gasteiger partial charge < -0.3 is 10.6 Å². The van der Waals surface area contributed by atoms with E-state index >= 15 is 0 Å². The first-order chi connectivity index (χ1) is 8.61. The number of urea groups is 1. The van der Waals surface area contributed by atoms with Crippen LogP contribution in [0, 0.1) is 9.54 Å². The molecule has 1 aromatic heterocycles. The van der Waals surface area contributed by atoms with E-state index in [1.807, 2.05) is 12.1 Å². The monoisotopic (exact) mass is 281 g/mol. The number of rotatable bonds is 2. The van der Waals surface area contributed by atoms with Crippen molar-refractivity contribution >= 4 is 36.2 Å². The number of carbonyl (C=O) groups excluding carboxylic acids is 1. The molecule has 8 heteroatoms. The first kappa shape index (κ1) is 12.5. The second kappa shape index (κ2) is 5.15. The minimum absolute atomic E-state index is 0.265. The fourth-order valence-corrected chi connectivity index (χ4v) is 1.99. The zero-order chi connectivity index (χ0) is 13.1. The lowest BCUT2D eigenvalue weighted by atomic mass is 10.3. The zero-order valence-corrected chi connectivity index (χ0v) is 11.1. The summed E-state index contributed by atoms with van der Waals surface area (Å²) in [6.45, 7) is 0. The van der Waals surface area contributed by atoms with Gasteiger partial charge in [0, 0.05) is 12.7 Å². The number of amides is 2. The maximum absolute atomic E-state index is 11.1. The summed E-state index contributed by atoms with van der Waals surface area (Å²) in [6, 6.07) is 6.91. The van der Waals surface area contributed by atoms with Gasteiger partial charge in [0.15, 0.2) is 9.54 Å². The van der Waals surface area contributed by atoms with Crippen molar-refractivity contribution in [3.05, 3.63) is 33.8 Å². The van der Waals surface area contributed by atoms with Gasteiger partial charge in [-0.25, -0.2) is 4.79 Å². The van der Waals surface area contributed by atoms with Gasteiger partial charge in [-0.2, -0.15) is 0 Å². The summed E-state index contributed by atoms with van der Waals surface area (Å²) in [5.74, 6) is 0. The second-order valence-electron chi connectivity index (χ2n) is 3.45. The highest BCUT2D eigenvalue weighted by atomic mass is 32.1. The molecule has 4 N–H and O–H groups in total. The van der Waals surface area contributed by atoms with Crippen molar-refractivity contribution in [3.8, 4) is 5.69 Å². The van der Waals surface area contributed by atoms with Gasteiger partial charge in [0.1, 0.15) is 0 Å². The van der Waals surface area contributed by atoms with E-state index in [-0.39, 0.29) is 6.03 Å². The largest absolute Gasteiger partial charge is 0.341 e. The van der Waals surface area contributed by atoms with Crippen LogP contribution in [-0.4, -0.2) is 27.8 Å². The molecule has 2 aromatic rings. The Morgan fingerprint density at radius 3 is 2.22 bits per heavy atom. The summed E-state index contributed by atoms with van der Waals surface area (Å²) in [7, 11) is 1.56. The van der Waals surface area contributed by atoms with Crippen molar-refractivity contribution in [1.82, 2.24) is 20.1 Å². The Kier molecular flexibility index (Phi) is 3.58. The lowest BCUT2D eigenvalue weighted by Gasteiger charge is -2.06. The number of carbonyl (C=O) groups is 1. The van der Waals surface area contributed by atoms with Crippen molar-refractivity contribution in [2.45, 2.75) is 0 Å². The van der Waals surface area contributed by atoms with Gasteiger partial charge in [-0.3, -0.25) is 14.8 Å². The van der Waals surface area contributed by atoms with Crippen molar-refractivity contribution in [2.75, 3.05) is 12.4 Å². The number of hydrogen-bond donors (Lipinski definition) is 4. The smallest absolute Gasteiger partial charge is 0.318 e. The van der Waals surface area contributed by atoms with Gasteiger partial charge in [0.05, 0.1) is 5.69 Å². The van der Waals surface area contributed by atoms with Crippen LogP contribution in [0.15, 0.2) is 24.3 Å². The van der Waals surface area contributed by atoms with Crippen LogP contribution in [0.1, 0.15) is 0 Å². The van der Waals surface area contributed by atoms with Gasteiger partial charge in [0.25, 0.3) is 0 Å². The Morgan fingerprint density at radius 1 is 1.17 bits per heavy atom. The van der Waals surface area contributed by atoms with Crippen LogP contribution in [0.3, 0.4) is 0 Å². The lowest BCUT2D eigenvalue weighted by Crippen LogP contribution is -2.24. The number of hydrogen-bond acceptors (Lipinski definition) is 3. The van der Waals surface area contributed by atoms with Gasteiger partial charge >= 0.3 is 6.03 Å². The number of nitrogens with zero attached hydrogens (tertiary/aromatic N) is 1. The Balaban J connectivity index is 2.31. The Hall–Kier alpha value is -1.93. The predicted molar refractivity (Wildman–Crippen MR) is 74.2 cm³/mol. The third-order valence-corrected chi connectivity index (χ3v) is 2.86. The minimum atomic E-state index is -0.265. The van der Waals surface area contributed by atoms with Crippen LogP contribution in [0.25, 0.3) is 5.69 Å². The Labute approximate surface area is 113 Å². The summed E-state index contributed by atoms with van der Waals surface area (Å²) in [6.07, 6.45) is 0. The van der Waals surface area contributed by atoms with E-state index in [1.165, 1.54) is 0 Å². The average Bonchev–Trinajstić information content (AvgIpc) is 2.70. The number of H-pyrrole nitrogens is 2. The summed E-state index contributed by atoms with van der Waals surface area (Å²) >= 11 is 10.2. The summed E-state index contributed by atoms with van der Waals surface area (Å²) in [5.41, 5.74) is 1.51. The third kappa shape index (κ3) is 2.49. The molecule has 0 aliphatic carbocycles. The average molecular weight is 281 g/mol. The highest BCUT2D eigenvalue weighted by molar-refractivity contribution is 7.72. The molecular weight excluding hydrogens is 270 g/mol. The van der Waals surface area contributed by atoms with E-state index < -0.39 is 0 Å². The molecule has 0 atom stereocenters. The quantitative estimate of drug-likeness (QED) is 0.638. The van der Waals surface area contributed by atoms with Gasteiger partial charge in [-0.15, -0.1) is 0 Å². The Bertz CT molecular complexity index is 639. The van der Waals surface area contributed by atoms with Crippen molar-refractivity contribution in [1.29, 1.82) is 0 Å². The highest BCUT2D eigenvalue weighted by Crippen LogP contribution is 2.13. The fourth-order valence-electron chi connectivity index (χ4n) is 1.43. The predicted octanol–water partition coefficient (Wildman–Crippen LogP) is 2.34. The summed E-state index contributed by atoms with van der Waals surface area (Å²) in [4.78, 5) is 11.1. The first-order valence-corrected chi connectivity index (χ1v) is 5.92. The molecule has 0 aliphatic rings. The van der Waals surface area contributed by atoms with Crippen LogP contribution in [0.5, 0.6) is 0 Å². The lowest BCUT2D eigenvalue weighted by molar-refractivity contribution is 0.254. The molecule has 0 saturated carbocycles. The summed E-state index contributed by atoms with van der Waals surface area (Å²) < 4.78 is 2.67. The number of benzene rings is 1. The second-order valence-corrected chi connectivity index (χ2v) is 4.22. The van der Waals surface area contributed by atoms with E-state index in [0.29, 0.717) is 15.2 Å². The zero-order valence-electron chi connectivity index (χ0n) is 9.48. The van der Waals surface area contributed by atoms with E-state index in [4.69, 9.17) is 24.4 Å². The molecule has 0 saturated heterocycles. The van der Waals surface area contributed by atoms with Crippen molar-refractivity contribution in [3.63, 3.8) is 0 Å². The Morgan fingerprint density at radius 2 is 1.72 bits per heavy atom. The molecule has 1 heterocycles. The first-order valence-electron chi connectivity index (χ1n) is 5.10. The van der Waals surface area contributed by atoms with Gasteiger partial charge in [0.2, 0.25) is 0 Å². The number of aromatic amines is 2. The molecule has 2 rings (SSSR count). The fraction of sp³-hybridized carbons (Fsp3) is 0.100. The SMILES string of the molecule is CNC(=O)Nc1ccc(-n2c(=S)[nH][nH]c2=S)cc1. The molecule has 0 radical (unpaired) electrons. The highest BCUT2D eigenvalue weighted by Gasteiger charge is 2.02. The number of anilines is 1. The number of nitrogens with one attached hydrogen (secondary N) is 4. The maximum atomic E-state index is 11.1. The molecule has 2 amide bonds. The molecule has 0 unspecified atom stereocenters. The van der Waals surface area contributed by atoms with Crippen molar-refractivity contribution in [2.24, 2.45) is 0 Å². The van der Waals surface area contributed by atoms with Crippen LogP contribution in [-0.2, 0) is 0 Å². The van der Waals surface area contributed by atoms with E-state index in [1.54, 1.807) is 23.7 Å². The normalized spacial score (nSPS) is 10.1. The molecule has 1 aromatic carbocycles. The van der Waals surface area contributed by atoms with Crippen LogP contribution in [0.4, 0.5) is 10.5 Å². The minimum Gasteiger partial charge on any atom is -0.341 e. The van der Waals surface area contributed by atoms with E-state index in [9.17, 15) is 4.79 Å². The molecule has 6 nitrogen and oxygen atoms in total. The molecular formula is C10H11N5OS2. The molecule has 94 valence electrons. The van der Waals surface area contributed by atoms with Crippen LogP contribution < -0.4 is 10.6 Å².